The predicted molar refractivity (Wildman–Crippen MR) is 115 cm³/mol. The standard InChI is InChI=1S/C26H32O5/c1-4-13-31-23(30)21-20-16(25(3)11-5-15(27)14-18(25)22(21)29)7-12-26-17(20)6-9-24(26,2)10-8-19(26)28/h6,14,21-22,29H,4-5,7-13H2,1-3H3/t21-,22-,24-,25?,26?/m0/s1. The van der Waals surface area contributed by atoms with Crippen LogP contribution in [-0.2, 0) is 19.1 Å². The molecular formula is C26H32O5. The van der Waals surface area contributed by atoms with Crippen LogP contribution in [0.15, 0.2) is 34.4 Å². The second-order valence-corrected chi connectivity index (χ2v) is 10.6. The molecule has 0 radical (unpaired) electrons. The van der Waals surface area contributed by atoms with Crippen LogP contribution in [0.2, 0.25) is 0 Å². The number of fused-ring (bicyclic) bond motifs is 3. The average Bonchev–Trinajstić information content (AvgIpc) is 3.18. The molecular weight excluding hydrogens is 392 g/mol. The van der Waals surface area contributed by atoms with E-state index in [-0.39, 0.29) is 17.0 Å². The van der Waals surface area contributed by atoms with Gasteiger partial charge in [0.05, 0.1) is 18.1 Å². The third-order valence-electron chi connectivity index (χ3n) is 9.13. The van der Waals surface area contributed by atoms with Crippen molar-refractivity contribution in [1.29, 1.82) is 0 Å². The maximum atomic E-state index is 13.3. The van der Waals surface area contributed by atoms with E-state index in [9.17, 15) is 19.5 Å². The van der Waals surface area contributed by atoms with Crippen LogP contribution in [0.25, 0.3) is 0 Å². The molecule has 0 saturated heterocycles. The Morgan fingerprint density at radius 3 is 2.68 bits per heavy atom. The van der Waals surface area contributed by atoms with Gasteiger partial charge in [0.1, 0.15) is 11.7 Å². The Hall–Kier alpha value is -2.01. The molecule has 0 aromatic heterocycles. The first-order valence-corrected chi connectivity index (χ1v) is 11.8. The molecule has 0 aromatic rings. The molecule has 5 heteroatoms. The predicted octanol–water partition coefficient (Wildman–Crippen LogP) is 4.00. The summed E-state index contributed by atoms with van der Waals surface area (Å²) < 4.78 is 5.54. The summed E-state index contributed by atoms with van der Waals surface area (Å²) in [6, 6.07) is 0. The van der Waals surface area contributed by atoms with Crippen molar-refractivity contribution in [2.24, 2.45) is 22.2 Å². The number of allylic oxidation sites excluding steroid dienone is 4. The van der Waals surface area contributed by atoms with E-state index in [1.165, 1.54) is 0 Å². The van der Waals surface area contributed by atoms with Crippen LogP contribution < -0.4 is 0 Å². The number of ketones is 2. The van der Waals surface area contributed by atoms with Gasteiger partial charge in [0.2, 0.25) is 0 Å². The highest BCUT2D eigenvalue weighted by molar-refractivity contribution is 5.96. The van der Waals surface area contributed by atoms with E-state index in [1.54, 1.807) is 6.08 Å². The lowest BCUT2D eigenvalue weighted by molar-refractivity contribution is -0.151. The molecule has 0 heterocycles. The quantitative estimate of drug-likeness (QED) is 0.693. The molecule has 5 atom stereocenters. The number of hydrogen-bond donors (Lipinski definition) is 1. The van der Waals surface area contributed by atoms with Gasteiger partial charge in [0, 0.05) is 18.3 Å². The summed E-state index contributed by atoms with van der Waals surface area (Å²) in [5.41, 5.74) is 2.51. The van der Waals surface area contributed by atoms with Gasteiger partial charge in [-0.3, -0.25) is 14.4 Å². The first-order valence-electron chi connectivity index (χ1n) is 11.8. The summed E-state index contributed by atoms with van der Waals surface area (Å²) in [6.07, 6.45) is 8.18. The maximum Gasteiger partial charge on any atom is 0.316 e. The third kappa shape index (κ3) is 2.50. The molecule has 0 aromatic carbocycles. The van der Waals surface area contributed by atoms with Crippen molar-refractivity contribution < 1.29 is 24.2 Å². The highest BCUT2D eigenvalue weighted by atomic mass is 16.5. The number of carbonyl (C=O) groups excluding carboxylic acids is 3. The number of rotatable bonds is 3. The fourth-order valence-corrected chi connectivity index (χ4v) is 7.40. The first-order chi connectivity index (χ1) is 14.7. The van der Waals surface area contributed by atoms with Gasteiger partial charge in [-0.25, -0.2) is 0 Å². The summed E-state index contributed by atoms with van der Waals surface area (Å²) in [5.74, 6) is -1.03. The minimum absolute atomic E-state index is 0.00200. The largest absolute Gasteiger partial charge is 0.465 e. The minimum atomic E-state index is -1.10. The van der Waals surface area contributed by atoms with Crippen LogP contribution in [0.3, 0.4) is 0 Å². The number of Topliss-reactive ketones (excluding diaryl/α,β-unsaturated/α-hetero) is 1. The van der Waals surface area contributed by atoms with Gasteiger partial charge in [-0.2, -0.15) is 0 Å². The van der Waals surface area contributed by atoms with E-state index in [1.807, 2.05) is 6.92 Å². The number of ether oxygens (including phenoxy) is 1. The molecule has 5 rings (SSSR count). The zero-order valence-electron chi connectivity index (χ0n) is 18.8. The smallest absolute Gasteiger partial charge is 0.316 e. The number of aliphatic hydroxyl groups is 1. The Morgan fingerprint density at radius 2 is 1.94 bits per heavy atom. The van der Waals surface area contributed by atoms with Gasteiger partial charge in [-0.05, 0) is 66.7 Å². The lowest BCUT2D eigenvalue weighted by Gasteiger charge is -2.53. The zero-order chi connectivity index (χ0) is 22.2. The van der Waals surface area contributed by atoms with Gasteiger partial charge >= 0.3 is 5.97 Å². The van der Waals surface area contributed by atoms with Gasteiger partial charge in [-0.1, -0.05) is 32.4 Å². The van der Waals surface area contributed by atoms with E-state index in [2.05, 4.69) is 19.9 Å². The van der Waals surface area contributed by atoms with Crippen molar-refractivity contribution in [1.82, 2.24) is 0 Å². The van der Waals surface area contributed by atoms with Crippen LogP contribution in [0.1, 0.15) is 72.1 Å². The molecule has 0 aliphatic heterocycles. The topological polar surface area (TPSA) is 80.7 Å². The second kappa shape index (κ2) is 6.74. The Morgan fingerprint density at radius 1 is 1.16 bits per heavy atom. The Bertz CT molecular complexity index is 984. The molecule has 1 saturated carbocycles. The van der Waals surface area contributed by atoms with Crippen LogP contribution >= 0.6 is 0 Å². The molecule has 166 valence electrons. The van der Waals surface area contributed by atoms with Crippen molar-refractivity contribution in [3.8, 4) is 0 Å². The van der Waals surface area contributed by atoms with Crippen molar-refractivity contribution >= 4 is 17.5 Å². The normalized spacial score (nSPS) is 41.2. The lowest BCUT2D eigenvalue weighted by atomic mass is 9.50. The summed E-state index contributed by atoms with van der Waals surface area (Å²) >= 11 is 0. The molecule has 5 aliphatic carbocycles. The summed E-state index contributed by atoms with van der Waals surface area (Å²) in [7, 11) is 0. The molecule has 5 nitrogen and oxygen atoms in total. The Kier molecular flexibility index (Phi) is 4.54. The molecule has 1 N–H and O–H groups in total. The van der Waals surface area contributed by atoms with E-state index < -0.39 is 28.8 Å². The van der Waals surface area contributed by atoms with Crippen molar-refractivity contribution in [2.45, 2.75) is 78.2 Å². The van der Waals surface area contributed by atoms with Gasteiger partial charge < -0.3 is 9.84 Å². The Balaban J connectivity index is 1.73. The SMILES string of the molecule is CCCOC(=O)[C@H]1C2=C(CCC34C(=O)CC[C@]3(C)CC=C24)C2(C)CCC(=O)C=C2[C@@H]1O. The van der Waals surface area contributed by atoms with Crippen molar-refractivity contribution in [3.63, 3.8) is 0 Å². The number of hydrogen-bond acceptors (Lipinski definition) is 5. The van der Waals surface area contributed by atoms with Crippen LogP contribution in [-0.4, -0.2) is 35.4 Å². The van der Waals surface area contributed by atoms with E-state index >= 15 is 0 Å². The lowest BCUT2D eigenvalue weighted by Crippen LogP contribution is -2.51. The number of carbonyl (C=O) groups is 3. The average molecular weight is 425 g/mol. The molecule has 31 heavy (non-hydrogen) atoms. The maximum absolute atomic E-state index is 13.3. The molecule has 1 spiro atoms. The van der Waals surface area contributed by atoms with Crippen LogP contribution in [0.5, 0.6) is 0 Å². The summed E-state index contributed by atoms with van der Waals surface area (Å²) in [5, 5.41) is 11.5. The fraction of sp³-hybridized carbons (Fsp3) is 0.654. The summed E-state index contributed by atoms with van der Waals surface area (Å²) in [4.78, 5) is 38.9. The molecule has 5 aliphatic rings. The number of aliphatic hydroxyl groups excluding tert-OH is 1. The van der Waals surface area contributed by atoms with Gasteiger partial charge in [0.15, 0.2) is 5.78 Å². The van der Waals surface area contributed by atoms with Crippen molar-refractivity contribution in [3.05, 3.63) is 34.4 Å². The Labute approximate surface area is 183 Å². The van der Waals surface area contributed by atoms with Gasteiger partial charge in [-0.15, -0.1) is 0 Å². The molecule has 0 bridgehead atoms. The first kappa shape index (κ1) is 20.9. The molecule has 1 fully saturated rings. The summed E-state index contributed by atoms with van der Waals surface area (Å²) in [6.45, 7) is 6.54. The van der Waals surface area contributed by atoms with Gasteiger partial charge in [0.25, 0.3) is 0 Å². The zero-order valence-corrected chi connectivity index (χ0v) is 18.8. The van der Waals surface area contributed by atoms with E-state index in [0.717, 1.165) is 42.4 Å². The highest BCUT2D eigenvalue weighted by Gasteiger charge is 2.66. The van der Waals surface area contributed by atoms with Crippen LogP contribution in [0.4, 0.5) is 0 Å². The van der Waals surface area contributed by atoms with Crippen molar-refractivity contribution in [2.75, 3.05) is 6.61 Å². The minimum Gasteiger partial charge on any atom is -0.465 e. The third-order valence-corrected chi connectivity index (χ3v) is 9.13. The molecule has 0 amide bonds. The highest BCUT2D eigenvalue weighted by Crippen LogP contribution is 2.70. The van der Waals surface area contributed by atoms with E-state index in [0.29, 0.717) is 37.9 Å². The second-order valence-electron chi connectivity index (χ2n) is 10.6. The number of esters is 1. The fourth-order valence-electron chi connectivity index (χ4n) is 7.40. The van der Waals surface area contributed by atoms with E-state index in [4.69, 9.17) is 4.74 Å². The molecule has 2 unspecified atom stereocenters. The monoisotopic (exact) mass is 424 g/mol. The van der Waals surface area contributed by atoms with Crippen LogP contribution in [0, 0.1) is 22.2 Å².